The molecule has 0 spiro atoms. The van der Waals surface area contributed by atoms with Crippen molar-refractivity contribution in [3.8, 4) is 5.75 Å². The largest absolute Gasteiger partial charge is 0.496 e. The summed E-state index contributed by atoms with van der Waals surface area (Å²) in [5.41, 5.74) is 2.55. The van der Waals surface area contributed by atoms with Crippen LogP contribution in [0.2, 0.25) is 0 Å². The molecule has 3 nitrogen and oxygen atoms in total. The normalized spacial score (nSPS) is 12.4. The second-order valence-corrected chi connectivity index (χ2v) is 5.46. The Hall–Kier alpha value is -0.910. The first-order valence-corrected chi connectivity index (χ1v) is 6.77. The average Bonchev–Trinajstić information content (AvgIpc) is 2.81. The Labute approximate surface area is 112 Å². The number of aromatic nitrogens is 1. The number of hydrogen-bond acceptors (Lipinski definition) is 4. The number of hydrogen-bond donors (Lipinski definition) is 1. The van der Waals surface area contributed by atoms with Crippen molar-refractivity contribution < 1.29 is 9.84 Å². The standard InChI is InChI=1S/C12H12BrNO2S/c1-16-12-3-2-8(13)4-10(12)11(15)5-9-6-14-7-17-9/h2-4,6-7,11,15H,5H2,1H3. The van der Waals surface area contributed by atoms with Gasteiger partial charge in [0, 0.05) is 27.5 Å². The molecule has 0 amide bonds. The molecule has 1 aromatic heterocycles. The maximum atomic E-state index is 10.2. The fourth-order valence-corrected chi connectivity index (χ4v) is 2.62. The Bertz CT molecular complexity index is 487. The third-order valence-electron chi connectivity index (χ3n) is 2.43. The van der Waals surface area contributed by atoms with Gasteiger partial charge in [-0.25, -0.2) is 0 Å². The molecule has 0 aliphatic carbocycles. The van der Waals surface area contributed by atoms with Gasteiger partial charge in [-0.2, -0.15) is 0 Å². The molecule has 2 rings (SSSR count). The highest BCUT2D eigenvalue weighted by Crippen LogP contribution is 2.30. The lowest BCUT2D eigenvalue weighted by Gasteiger charge is -2.14. The average molecular weight is 314 g/mol. The van der Waals surface area contributed by atoms with Crippen LogP contribution in [0.25, 0.3) is 0 Å². The maximum Gasteiger partial charge on any atom is 0.124 e. The first-order chi connectivity index (χ1) is 8.20. The zero-order valence-electron chi connectivity index (χ0n) is 9.26. The molecule has 0 fully saturated rings. The van der Waals surface area contributed by atoms with Crippen LogP contribution in [0.4, 0.5) is 0 Å². The van der Waals surface area contributed by atoms with Crippen molar-refractivity contribution in [3.63, 3.8) is 0 Å². The lowest BCUT2D eigenvalue weighted by molar-refractivity contribution is 0.175. The molecule has 1 N–H and O–H groups in total. The molecule has 2 aromatic rings. The highest BCUT2D eigenvalue weighted by molar-refractivity contribution is 9.10. The van der Waals surface area contributed by atoms with Crippen LogP contribution in [0.1, 0.15) is 16.5 Å². The van der Waals surface area contributed by atoms with Gasteiger partial charge < -0.3 is 9.84 Å². The number of thiazole rings is 1. The summed E-state index contributed by atoms with van der Waals surface area (Å²) in [4.78, 5) is 5.05. The van der Waals surface area contributed by atoms with E-state index >= 15 is 0 Å². The Balaban J connectivity index is 2.23. The molecule has 1 atom stereocenters. The molecule has 0 aliphatic heterocycles. The topological polar surface area (TPSA) is 42.4 Å². The number of halogens is 1. The first kappa shape index (κ1) is 12.5. The predicted octanol–water partition coefficient (Wildman–Crippen LogP) is 3.19. The summed E-state index contributed by atoms with van der Waals surface area (Å²) in [5.74, 6) is 0.699. The molecule has 1 heterocycles. The summed E-state index contributed by atoms with van der Waals surface area (Å²) in [5, 5.41) is 10.2. The van der Waals surface area contributed by atoms with Crippen LogP contribution in [0.15, 0.2) is 34.4 Å². The van der Waals surface area contributed by atoms with E-state index in [1.807, 2.05) is 18.2 Å². The van der Waals surface area contributed by atoms with Crippen molar-refractivity contribution >= 4 is 27.3 Å². The minimum Gasteiger partial charge on any atom is -0.496 e. The minimum atomic E-state index is -0.581. The highest BCUT2D eigenvalue weighted by atomic mass is 79.9. The van der Waals surface area contributed by atoms with Gasteiger partial charge in [-0.1, -0.05) is 15.9 Å². The zero-order valence-corrected chi connectivity index (χ0v) is 11.7. The van der Waals surface area contributed by atoms with E-state index in [4.69, 9.17) is 4.74 Å². The third-order valence-corrected chi connectivity index (χ3v) is 3.72. The van der Waals surface area contributed by atoms with Gasteiger partial charge in [0.25, 0.3) is 0 Å². The molecular weight excluding hydrogens is 302 g/mol. The van der Waals surface area contributed by atoms with Crippen molar-refractivity contribution in [2.75, 3.05) is 7.11 Å². The van der Waals surface area contributed by atoms with E-state index in [0.29, 0.717) is 12.2 Å². The third kappa shape index (κ3) is 3.06. The number of aliphatic hydroxyl groups is 1. The van der Waals surface area contributed by atoms with Gasteiger partial charge in [-0.15, -0.1) is 11.3 Å². The number of ether oxygens (including phenoxy) is 1. The molecule has 90 valence electrons. The van der Waals surface area contributed by atoms with Crippen LogP contribution in [0.5, 0.6) is 5.75 Å². The molecule has 1 aromatic carbocycles. The number of methoxy groups -OCH3 is 1. The summed E-state index contributed by atoms with van der Waals surface area (Å²) in [6.45, 7) is 0. The van der Waals surface area contributed by atoms with Crippen LogP contribution in [0, 0.1) is 0 Å². The second-order valence-electron chi connectivity index (χ2n) is 3.57. The number of nitrogens with zero attached hydrogens (tertiary/aromatic N) is 1. The van der Waals surface area contributed by atoms with Crippen LogP contribution < -0.4 is 4.74 Å². The monoisotopic (exact) mass is 313 g/mol. The summed E-state index contributed by atoms with van der Waals surface area (Å²) in [6.07, 6.45) is 1.75. The number of benzene rings is 1. The van der Waals surface area contributed by atoms with Gasteiger partial charge in [0.2, 0.25) is 0 Å². The van der Waals surface area contributed by atoms with E-state index in [-0.39, 0.29) is 0 Å². The molecule has 5 heteroatoms. The van der Waals surface area contributed by atoms with Gasteiger partial charge in [0.1, 0.15) is 5.75 Å². The SMILES string of the molecule is COc1ccc(Br)cc1C(O)Cc1cncs1. The van der Waals surface area contributed by atoms with Crippen LogP contribution in [0.3, 0.4) is 0 Å². The smallest absolute Gasteiger partial charge is 0.124 e. The van der Waals surface area contributed by atoms with Crippen molar-refractivity contribution in [1.29, 1.82) is 0 Å². The Morgan fingerprint density at radius 1 is 1.53 bits per heavy atom. The van der Waals surface area contributed by atoms with Crippen LogP contribution in [-0.2, 0) is 6.42 Å². The fourth-order valence-electron chi connectivity index (χ4n) is 1.61. The van der Waals surface area contributed by atoms with E-state index in [0.717, 1.165) is 14.9 Å². The van der Waals surface area contributed by atoms with Gasteiger partial charge >= 0.3 is 0 Å². The Morgan fingerprint density at radius 2 is 2.35 bits per heavy atom. The van der Waals surface area contributed by atoms with E-state index < -0.39 is 6.10 Å². The number of rotatable bonds is 4. The molecular formula is C12H12BrNO2S. The molecule has 17 heavy (non-hydrogen) atoms. The quantitative estimate of drug-likeness (QED) is 0.942. The Kier molecular flexibility index (Phi) is 4.15. The van der Waals surface area contributed by atoms with Crippen molar-refractivity contribution in [1.82, 2.24) is 4.98 Å². The minimum absolute atomic E-state index is 0.553. The zero-order chi connectivity index (χ0) is 12.3. The fraction of sp³-hybridized carbons (Fsp3) is 0.250. The summed E-state index contributed by atoms with van der Waals surface area (Å²) in [6, 6.07) is 5.61. The van der Waals surface area contributed by atoms with Gasteiger partial charge in [0.05, 0.1) is 18.7 Å². The molecule has 1 unspecified atom stereocenters. The second kappa shape index (κ2) is 5.62. The highest BCUT2D eigenvalue weighted by Gasteiger charge is 2.15. The first-order valence-electron chi connectivity index (χ1n) is 5.09. The lowest BCUT2D eigenvalue weighted by atomic mass is 10.1. The van der Waals surface area contributed by atoms with Gasteiger partial charge in [-0.05, 0) is 18.2 Å². The molecule has 0 bridgehead atoms. The summed E-state index contributed by atoms with van der Waals surface area (Å²) >= 11 is 4.94. The van der Waals surface area contributed by atoms with Crippen LogP contribution >= 0.6 is 27.3 Å². The molecule has 0 aliphatic rings. The van der Waals surface area contributed by atoms with E-state index in [1.54, 1.807) is 18.8 Å². The molecule has 0 saturated carbocycles. The maximum absolute atomic E-state index is 10.2. The van der Waals surface area contributed by atoms with Crippen molar-refractivity contribution in [2.24, 2.45) is 0 Å². The number of aliphatic hydroxyl groups excluding tert-OH is 1. The van der Waals surface area contributed by atoms with E-state index in [1.165, 1.54) is 11.3 Å². The summed E-state index contributed by atoms with van der Waals surface area (Å²) < 4.78 is 6.18. The Morgan fingerprint density at radius 3 is 3.00 bits per heavy atom. The van der Waals surface area contributed by atoms with Crippen LogP contribution in [-0.4, -0.2) is 17.2 Å². The van der Waals surface area contributed by atoms with Crippen molar-refractivity contribution in [2.45, 2.75) is 12.5 Å². The van der Waals surface area contributed by atoms with E-state index in [9.17, 15) is 5.11 Å². The van der Waals surface area contributed by atoms with Gasteiger partial charge in [0.15, 0.2) is 0 Å². The van der Waals surface area contributed by atoms with Crippen molar-refractivity contribution in [3.05, 3.63) is 44.8 Å². The summed E-state index contributed by atoms with van der Waals surface area (Å²) in [7, 11) is 1.60. The molecule has 0 radical (unpaired) electrons. The van der Waals surface area contributed by atoms with E-state index in [2.05, 4.69) is 20.9 Å². The predicted molar refractivity (Wildman–Crippen MR) is 71.5 cm³/mol. The molecule has 0 saturated heterocycles. The van der Waals surface area contributed by atoms with Gasteiger partial charge in [-0.3, -0.25) is 4.98 Å². The lowest BCUT2D eigenvalue weighted by Crippen LogP contribution is -2.03.